The summed E-state index contributed by atoms with van der Waals surface area (Å²) in [6, 6.07) is 8.56. The summed E-state index contributed by atoms with van der Waals surface area (Å²) in [7, 11) is 0. The van der Waals surface area contributed by atoms with Crippen LogP contribution in [0.15, 0.2) is 24.3 Å². The topological polar surface area (TPSA) is 12.5 Å². The van der Waals surface area contributed by atoms with Gasteiger partial charge in [0.2, 0.25) is 0 Å². The van der Waals surface area contributed by atoms with Gasteiger partial charge in [-0.15, -0.1) is 0 Å². The Kier molecular flexibility index (Phi) is 7.66. The molecule has 21 heavy (non-hydrogen) atoms. The van der Waals surface area contributed by atoms with Crippen molar-refractivity contribution < 1.29 is 4.74 Å². The van der Waals surface area contributed by atoms with Crippen molar-refractivity contribution in [2.24, 2.45) is 0 Å². The molecule has 1 aromatic carbocycles. The molecule has 1 aliphatic rings. The molecule has 2 heteroatoms. The number of hydrogen-bond acceptors (Lipinski definition) is 2. The van der Waals surface area contributed by atoms with Crippen molar-refractivity contribution in [1.82, 2.24) is 4.90 Å². The molecule has 1 aliphatic heterocycles. The third-order valence-electron chi connectivity index (χ3n) is 4.22. The number of nitrogens with zero attached hydrogens (tertiary/aromatic N) is 1. The summed E-state index contributed by atoms with van der Waals surface area (Å²) in [4.78, 5) is 2.60. The average molecular weight is 288 g/mol. The highest BCUT2D eigenvalue weighted by Crippen LogP contribution is 2.14. The number of aryl methyl sites for hydroxylation is 1. The molecular weight excluding hydrogens is 258 g/mol. The predicted molar refractivity (Wildman–Crippen MR) is 89.8 cm³/mol. The Morgan fingerprint density at radius 2 is 1.67 bits per heavy atom. The molecule has 1 fully saturated rings. The van der Waals surface area contributed by atoms with E-state index < -0.39 is 0 Å². The number of hydrogen-bond donors (Lipinski definition) is 0. The van der Waals surface area contributed by atoms with E-state index in [0.29, 0.717) is 0 Å². The van der Waals surface area contributed by atoms with Crippen LogP contribution in [0.3, 0.4) is 0 Å². The monoisotopic (exact) mass is 288 g/mol. The third kappa shape index (κ3) is 6.52. The molecule has 2 nitrogen and oxygen atoms in total. The number of ether oxygens (including phenoxy) is 1. The van der Waals surface area contributed by atoms with Gasteiger partial charge < -0.3 is 9.64 Å². The van der Waals surface area contributed by atoms with Crippen molar-refractivity contribution in [3.05, 3.63) is 36.8 Å². The lowest BCUT2D eigenvalue weighted by atomic mass is 10.1. The zero-order valence-electron chi connectivity index (χ0n) is 13.4. The van der Waals surface area contributed by atoms with E-state index in [-0.39, 0.29) is 0 Å². The molecule has 2 rings (SSSR count). The van der Waals surface area contributed by atoms with Crippen molar-refractivity contribution in [3.8, 4) is 5.75 Å². The summed E-state index contributed by atoms with van der Waals surface area (Å²) in [5.41, 5.74) is 1.38. The molecule has 1 aromatic rings. The van der Waals surface area contributed by atoms with Gasteiger partial charge >= 0.3 is 0 Å². The molecule has 1 saturated heterocycles. The Labute approximate surface area is 130 Å². The van der Waals surface area contributed by atoms with Crippen LogP contribution in [0.1, 0.15) is 50.5 Å². The molecule has 1 heterocycles. The summed E-state index contributed by atoms with van der Waals surface area (Å²) >= 11 is 0. The standard InChI is InChI=1S/C19H30NO/c1-2-3-9-18-10-12-19(13-11-18)21-17-8-16-20-14-6-4-5-7-15-20/h10-13H,1-9,14-17H2. The van der Waals surface area contributed by atoms with Crippen molar-refractivity contribution in [2.45, 2.75) is 51.4 Å². The zero-order valence-corrected chi connectivity index (χ0v) is 13.4. The normalized spacial score (nSPS) is 16.6. The second kappa shape index (κ2) is 9.83. The van der Waals surface area contributed by atoms with E-state index in [1.54, 1.807) is 0 Å². The van der Waals surface area contributed by atoms with Crippen LogP contribution >= 0.6 is 0 Å². The fraction of sp³-hybridized carbons (Fsp3) is 0.632. The number of likely N-dealkylation sites (tertiary alicyclic amines) is 1. The van der Waals surface area contributed by atoms with E-state index in [1.165, 1.54) is 50.9 Å². The summed E-state index contributed by atoms with van der Waals surface area (Å²) in [5.74, 6) is 1.00. The summed E-state index contributed by atoms with van der Waals surface area (Å²) in [6.07, 6.45) is 9.98. The maximum Gasteiger partial charge on any atom is 0.119 e. The molecule has 0 aliphatic carbocycles. The van der Waals surface area contributed by atoms with Crippen LogP contribution in [0.4, 0.5) is 0 Å². The van der Waals surface area contributed by atoms with Crippen LogP contribution in [0.2, 0.25) is 0 Å². The van der Waals surface area contributed by atoms with Gasteiger partial charge in [0.25, 0.3) is 0 Å². The van der Waals surface area contributed by atoms with E-state index in [1.807, 2.05) is 0 Å². The van der Waals surface area contributed by atoms with Gasteiger partial charge in [-0.25, -0.2) is 0 Å². The Morgan fingerprint density at radius 3 is 2.33 bits per heavy atom. The quantitative estimate of drug-likeness (QED) is 0.654. The predicted octanol–water partition coefficient (Wildman–Crippen LogP) is 4.49. The largest absolute Gasteiger partial charge is 0.494 e. The molecule has 0 bridgehead atoms. The smallest absolute Gasteiger partial charge is 0.119 e. The molecule has 0 atom stereocenters. The molecule has 0 saturated carbocycles. The Balaban J connectivity index is 1.61. The lowest BCUT2D eigenvalue weighted by Crippen LogP contribution is -2.26. The first-order chi connectivity index (χ1) is 10.4. The van der Waals surface area contributed by atoms with Crippen LogP contribution in [0.5, 0.6) is 5.75 Å². The molecule has 117 valence electrons. The number of rotatable bonds is 8. The third-order valence-corrected chi connectivity index (χ3v) is 4.22. The van der Waals surface area contributed by atoms with Crippen molar-refractivity contribution in [1.29, 1.82) is 0 Å². The van der Waals surface area contributed by atoms with Crippen LogP contribution in [-0.4, -0.2) is 31.1 Å². The first-order valence-electron chi connectivity index (χ1n) is 8.62. The van der Waals surface area contributed by atoms with Gasteiger partial charge in [0.05, 0.1) is 6.61 Å². The van der Waals surface area contributed by atoms with Gasteiger partial charge in [0, 0.05) is 6.54 Å². The molecular formula is C19H30NO. The fourth-order valence-corrected chi connectivity index (χ4v) is 2.92. The molecule has 0 N–H and O–H groups in total. The van der Waals surface area contributed by atoms with Gasteiger partial charge in [-0.05, 0) is 62.9 Å². The SMILES string of the molecule is [CH2]CCCc1ccc(OCCCN2CCCCCC2)cc1. The average Bonchev–Trinajstić information content (AvgIpc) is 2.79. The van der Waals surface area contributed by atoms with Crippen molar-refractivity contribution in [3.63, 3.8) is 0 Å². The molecule has 0 amide bonds. The Bertz CT molecular complexity index is 366. The van der Waals surface area contributed by atoms with Crippen LogP contribution in [0.25, 0.3) is 0 Å². The molecule has 0 aromatic heterocycles. The lowest BCUT2D eigenvalue weighted by molar-refractivity contribution is 0.240. The first-order valence-corrected chi connectivity index (χ1v) is 8.62. The summed E-state index contributed by atoms with van der Waals surface area (Å²) < 4.78 is 5.85. The maximum absolute atomic E-state index is 5.85. The molecule has 0 unspecified atom stereocenters. The van der Waals surface area contributed by atoms with E-state index in [4.69, 9.17) is 4.74 Å². The highest BCUT2D eigenvalue weighted by atomic mass is 16.5. The van der Waals surface area contributed by atoms with E-state index in [2.05, 4.69) is 36.1 Å². The van der Waals surface area contributed by atoms with Crippen LogP contribution in [-0.2, 0) is 6.42 Å². The minimum absolute atomic E-state index is 0.828. The molecule has 0 spiro atoms. The minimum atomic E-state index is 0.828. The van der Waals surface area contributed by atoms with Gasteiger partial charge in [-0.1, -0.05) is 38.3 Å². The second-order valence-corrected chi connectivity index (χ2v) is 6.06. The Morgan fingerprint density at radius 1 is 0.952 bits per heavy atom. The van der Waals surface area contributed by atoms with Crippen molar-refractivity contribution in [2.75, 3.05) is 26.2 Å². The highest BCUT2D eigenvalue weighted by molar-refractivity contribution is 5.27. The Hall–Kier alpha value is -1.02. The fourth-order valence-electron chi connectivity index (χ4n) is 2.92. The van der Waals surface area contributed by atoms with Gasteiger partial charge in [0.1, 0.15) is 5.75 Å². The summed E-state index contributed by atoms with van der Waals surface area (Å²) in [6.45, 7) is 8.45. The van der Waals surface area contributed by atoms with Crippen molar-refractivity contribution >= 4 is 0 Å². The second-order valence-electron chi connectivity index (χ2n) is 6.06. The minimum Gasteiger partial charge on any atom is -0.494 e. The first kappa shape index (κ1) is 16.4. The maximum atomic E-state index is 5.85. The molecule has 1 radical (unpaired) electrons. The highest BCUT2D eigenvalue weighted by Gasteiger charge is 2.08. The lowest BCUT2D eigenvalue weighted by Gasteiger charge is -2.19. The summed E-state index contributed by atoms with van der Waals surface area (Å²) in [5, 5.41) is 0. The van der Waals surface area contributed by atoms with E-state index in [0.717, 1.165) is 38.0 Å². The number of unbranched alkanes of at least 4 members (excludes halogenated alkanes) is 1. The van der Waals surface area contributed by atoms with E-state index in [9.17, 15) is 0 Å². The van der Waals surface area contributed by atoms with Gasteiger partial charge in [-0.2, -0.15) is 0 Å². The van der Waals surface area contributed by atoms with Gasteiger partial charge in [-0.3, -0.25) is 0 Å². The number of benzene rings is 1. The van der Waals surface area contributed by atoms with Gasteiger partial charge in [0.15, 0.2) is 0 Å². The van der Waals surface area contributed by atoms with Crippen LogP contribution in [0, 0.1) is 6.92 Å². The zero-order chi connectivity index (χ0) is 14.8. The van der Waals surface area contributed by atoms with E-state index >= 15 is 0 Å². The van der Waals surface area contributed by atoms with Crippen LogP contribution < -0.4 is 4.74 Å².